The smallest absolute Gasteiger partial charge is 0.325 e. The van der Waals surface area contributed by atoms with Crippen LogP contribution in [0.3, 0.4) is 0 Å². The van der Waals surface area contributed by atoms with Gasteiger partial charge in [-0.3, -0.25) is 9.78 Å². The second kappa shape index (κ2) is 4.40. The van der Waals surface area contributed by atoms with Crippen molar-refractivity contribution < 1.29 is 9.90 Å². The highest BCUT2D eigenvalue weighted by Crippen LogP contribution is 2.15. The normalized spacial score (nSPS) is 10.3. The third-order valence-corrected chi connectivity index (χ3v) is 2.29. The summed E-state index contributed by atoms with van der Waals surface area (Å²) in [7, 11) is 0. The summed E-state index contributed by atoms with van der Waals surface area (Å²) in [6.07, 6.45) is 3.19. The molecular weight excluding hydrogens is 276 g/mol. The zero-order valence-electron chi connectivity index (χ0n) is 8.04. The Hall–Kier alpha value is -1.76. The maximum Gasteiger partial charge on any atom is 0.325 e. The fraction of sp³-hybridized carbons (Fsp3) is 0.111. The molecule has 16 heavy (non-hydrogen) atoms. The van der Waals surface area contributed by atoms with Crippen LogP contribution in [0.4, 0.5) is 0 Å². The highest BCUT2D eigenvalue weighted by molar-refractivity contribution is 9.10. The summed E-state index contributed by atoms with van der Waals surface area (Å²) in [5, 5.41) is 16.1. The molecule has 0 spiro atoms. The lowest BCUT2D eigenvalue weighted by atomic mass is 10.3. The number of hydrogen-bond acceptors (Lipinski definition) is 4. The molecule has 0 fully saturated rings. The highest BCUT2D eigenvalue weighted by atomic mass is 79.9. The molecule has 0 aliphatic heterocycles. The van der Waals surface area contributed by atoms with E-state index in [0.717, 1.165) is 4.47 Å². The van der Waals surface area contributed by atoms with Gasteiger partial charge < -0.3 is 5.11 Å². The minimum absolute atomic E-state index is 0.205. The van der Waals surface area contributed by atoms with E-state index in [0.29, 0.717) is 11.4 Å². The molecule has 1 N–H and O–H groups in total. The van der Waals surface area contributed by atoms with Gasteiger partial charge in [0.05, 0.1) is 11.9 Å². The number of aromatic nitrogens is 4. The van der Waals surface area contributed by atoms with Crippen LogP contribution in [-0.4, -0.2) is 31.1 Å². The van der Waals surface area contributed by atoms with Gasteiger partial charge in [0.2, 0.25) is 0 Å². The summed E-state index contributed by atoms with van der Waals surface area (Å²) in [5.41, 5.74) is 1.20. The van der Waals surface area contributed by atoms with Crippen LogP contribution in [0.1, 0.15) is 0 Å². The summed E-state index contributed by atoms with van der Waals surface area (Å²) in [5.74, 6) is -0.958. The van der Waals surface area contributed by atoms with Crippen molar-refractivity contribution in [3.05, 3.63) is 29.0 Å². The number of carboxylic acid groups (broad SMARTS) is 1. The van der Waals surface area contributed by atoms with Crippen LogP contribution in [0.25, 0.3) is 11.4 Å². The van der Waals surface area contributed by atoms with Gasteiger partial charge in [-0.2, -0.15) is 0 Å². The quantitative estimate of drug-likeness (QED) is 0.915. The van der Waals surface area contributed by atoms with E-state index >= 15 is 0 Å². The number of halogens is 1. The Bertz CT molecular complexity index is 508. The van der Waals surface area contributed by atoms with Crippen LogP contribution in [0.5, 0.6) is 0 Å². The van der Waals surface area contributed by atoms with Gasteiger partial charge >= 0.3 is 5.97 Å². The first-order valence-corrected chi connectivity index (χ1v) is 5.18. The van der Waals surface area contributed by atoms with Gasteiger partial charge in [-0.05, 0) is 28.1 Å². The average Bonchev–Trinajstić information content (AvgIpc) is 2.66. The lowest BCUT2D eigenvalue weighted by Gasteiger charge is -1.94. The number of pyridine rings is 1. The van der Waals surface area contributed by atoms with E-state index in [2.05, 4.69) is 31.2 Å². The second-order valence-corrected chi connectivity index (χ2v) is 3.97. The summed E-state index contributed by atoms with van der Waals surface area (Å²) < 4.78 is 2.12. The lowest BCUT2D eigenvalue weighted by molar-refractivity contribution is -0.137. The van der Waals surface area contributed by atoms with E-state index in [1.54, 1.807) is 18.5 Å². The largest absolute Gasteiger partial charge is 0.480 e. The Labute approximate surface area is 99.1 Å². The standard InChI is InChI=1S/C9H7BrN4O2/c10-6-1-2-7(11-3-6)8-4-14(13-12-8)5-9(15)16/h1-4H,5H2,(H,15,16). The Kier molecular flexibility index (Phi) is 2.95. The van der Waals surface area contributed by atoms with Crippen molar-refractivity contribution in [3.8, 4) is 11.4 Å². The monoisotopic (exact) mass is 282 g/mol. The van der Waals surface area contributed by atoms with Crippen LogP contribution >= 0.6 is 15.9 Å². The fourth-order valence-corrected chi connectivity index (χ4v) is 1.39. The minimum atomic E-state index is -0.958. The predicted molar refractivity (Wildman–Crippen MR) is 58.6 cm³/mol. The summed E-state index contributed by atoms with van der Waals surface area (Å²) in [6.45, 7) is -0.205. The number of carbonyl (C=O) groups is 1. The maximum atomic E-state index is 10.4. The first-order valence-electron chi connectivity index (χ1n) is 4.39. The van der Waals surface area contributed by atoms with Crippen molar-refractivity contribution in [1.29, 1.82) is 0 Å². The van der Waals surface area contributed by atoms with Crippen molar-refractivity contribution in [3.63, 3.8) is 0 Å². The van der Waals surface area contributed by atoms with E-state index in [4.69, 9.17) is 5.11 Å². The molecular formula is C9H7BrN4O2. The van der Waals surface area contributed by atoms with Crippen molar-refractivity contribution in [1.82, 2.24) is 20.0 Å². The van der Waals surface area contributed by atoms with E-state index in [1.165, 1.54) is 4.68 Å². The van der Waals surface area contributed by atoms with Gasteiger partial charge in [0.1, 0.15) is 12.2 Å². The van der Waals surface area contributed by atoms with Crippen molar-refractivity contribution in [2.24, 2.45) is 0 Å². The van der Waals surface area contributed by atoms with Gasteiger partial charge in [-0.1, -0.05) is 5.21 Å². The Morgan fingerprint density at radius 3 is 2.88 bits per heavy atom. The molecule has 0 amide bonds. The molecule has 0 atom stereocenters. The molecule has 6 nitrogen and oxygen atoms in total. The first-order chi connectivity index (χ1) is 7.65. The Balaban J connectivity index is 2.24. The topological polar surface area (TPSA) is 80.9 Å². The van der Waals surface area contributed by atoms with Gasteiger partial charge in [-0.15, -0.1) is 5.10 Å². The molecule has 2 heterocycles. The van der Waals surface area contributed by atoms with Crippen LogP contribution in [0, 0.1) is 0 Å². The van der Waals surface area contributed by atoms with Crippen LogP contribution in [-0.2, 0) is 11.3 Å². The van der Waals surface area contributed by atoms with Gasteiger partial charge in [0.25, 0.3) is 0 Å². The SMILES string of the molecule is O=C(O)Cn1cc(-c2ccc(Br)cn2)nn1. The molecule has 2 rings (SSSR count). The Morgan fingerprint density at radius 2 is 2.25 bits per heavy atom. The van der Waals surface area contributed by atoms with Crippen LogP contribution in [0.15, 0.2) is 29.0 Å². The molecule has 2 aromatic rings. The van der Waals surface area contributed by atoms with Gasteiger partial charge in [-0.25, -0.2) is 4.68 Å². The van der Waals surface area contributed by atoms with E-state index < -0.39 is 5.97 Å². The van der Waals surface area contributed by atoms with E-state index in [9.17, 15) is 4.79 Å². The molecule has 0 radical (unpaired) electrons. The minimum Gasteiger partial charge on any atom is -0.480 e. The van der Waals surface area contributed by atoms with E-state index in [-0.39, 0.29) is 6.54 Å². The van der Waals surface area contributed by atoms with Crippen molar-refractivity contribution in [2.75, 3.05) is 0 Å². The first kappa shape index (κ1) is 10.7. The highest BCUT2D eigenvalue weighted by Gasteiger charge is 2.06. The number of nitrogens with zero attached hydrogens (tertiary/aromatic N) is 4. The van der Waals surface area contributed by atoms with Gasteiger partial charge in [0, 0.05) is 10.7 Å². The number of carboxylic acids is 1. The predicted octanol–water partition coefficient (Wildman–Crippen LogP) is 1.19. The van der Waals surface area contributed by atoms with Crippen molar-refractivity contribution in [2.45, 2.75) is 6.54 Å². The van der Waals surface area contributed by atoms with Crippen LogP contribution in [0.2, 0.25) is 0 Å². The molecule has 0 aromatic carbocycles. The molecule has 0 saturated carbocycles. The molecule has 7 heteroatoms. The molecule has 0 saturated heterocycles. The second-order valence-electron chi connectivity index (χ2n) is 3.06. The maximum absolute atomic E-state index is 10.4. The molecule has 0 bridgehead atoms. The average molecular weight is 283 g/mol. The third kappa shape index (κ3) is 2.43. The Morgan fingerprint density at radius 1 is 1.44 bits per heavy atom. The number of aliphatic carboxylic acids is 1. The fourth-order valence-electron chi connectivity index (χ4n) is 1.16. The zero-order valence-corrected chi connectivity index (χ0v) is 9.62. The summed E-state index contributed by atoms with van der Waals surface area (Å²) in [6, 6.07) is 3.61. The van der Waals surface area contributed by atoms with E-state index in [1.807, 2.05) is 6.07 Å². The summed E-state index contributed by atoms with van der Waals surface area (Å²) in [4.78, 5) is 14.6. The number of hydrogen-bond donors (Lipinski definition) is 1. The van der Waals surface area contributed by atoms with Crippen molar-refractivity contribution >= 4 is 21.9 Å². The molecule has 2 aromatic heterocycles. The molecule has 82 valence electrons. The summed E-state index contributed by atoms with van der Waals surface area (Å²) >= 11 is 3.27. The van der Waals surface area contributed by atoms with Crippen LogP contribution < -0.4 is 0 Å². The molecule has 0 unspecified atom stereocenters. The molecule has 0 aliphatic carbocycles. The zero-order chi connectivity index (χ0) is 11.5. The lowest BCUT2D eigenvalue weighted by Crippen LogP contribution is -2.08. The number of rotatable bonds is 3. The molecule has 0 aliphatic rings. The van der Waals surface area contributed by atoms with Gasteiger partial charge in [0.15, 0.2) is 0 Å². The third-order valence-electron chi connectivity index (χ3n) is 1.83.